The summed E-state index contributed by atoms with van der Waals surface area (Å²) in [6.07, 6.45) is 5.12. The Bertz CT molecular complexity index is 116. The minimum absolute atomic E-state index is 0.273. The Morgan fingerprint density at radius 3 is 1.33 bits per heavy atom. The fourth-order valence-corrected chi connectivity index (χ4v) is 2.11. The lowest BCUT2D eigenvalue weighted by Crippen LogP contribution is -2.18. The summed E-state index contributed by atoms with van der Waals surface area (Å²) < 4.78 is 5.85. The lowest BCUT2D eigenvalue weighted by atomic mass is 9.84. The molecule has 0 aliphatic carbocycles. The van der Waals surface area contributed by atoms with Gasteiger partial charge in [-0.15, -0.1) is 0 Å². The smallest absolute Gasteiger partial charge is 0.0664 e. The van der Waals surface area contributed by atoms with Crippen molar-refractivity contribution in [2.45, 2.75) is 50.7 Å². The van der Waals surface area contributed by atoms with Crippen molar-refractivity contribution >= 4 is 0 Å². The third-order valence-electron chi connectivity index (χ3n) is 2.86. The molecule has 2 rings (SSSR count). The molecule has 52 valence electrons. The van der Waals surface area contributed by atoms with Gasteiger partial charge in [-0.25, -0.2) is 0 Å². The Labute approximate surface area is 56.4 Å². The van der Waals surface area contributed by atoms with Crippen LogP contribution in [0.1, 0.15) is 39.5 Å². The second kappa shape index (κ2) is 1.34. The van der Waals surface area contributed by atoms with Crippen molar-refractivity contribution in [3.63, 3.8) is 0 Å². The second-order valence-electron chi connectivity index (χ2n) is 4.00. The summed E-state index contributed by atoms with van der Waals surface area (Å²) in [5.41, 5.74) is 0.545. The fraction of sp³-hybridized carbons (Fsp3) is 1.00. The van der Waals surface area contributed by atoms with Crippen LogP contribution < -0.4 is 0 Å². The Balaban J connectivity index is 2.25. The Hall–Kier alpha value is -0.0400. The van der Waals surface area contributed by atoms with Gasteiger partial charge in [-0.05, 0) is 39.5 Å². The average Bonchev–Trinajstić information content (AvgIpc) is 2.19. The maximum absolute atomic E-state index is 5.85. The van der Waals surface area contributed by atoms with Gasteiger partial charge in [-0.2, -0.15) is 0 Å². The van der Waals surface area contributed by atoms with Gasteiger partial charge in [0.15, 0.2) is 0 Å². The molecule has 0 aromatic rings. The molecular formula is C8H14O. The van der Waals surface area contributed by atoms with Gasteiger partial charge >= 0.3 is 0 Å². The van der Waals surface area contributed by atoms with Gasteiger partial charge in [0.05, 0.1) is 11.2 Å². The topological polar surface area (TPSA) is 9.23 Å². The average molecular weight is 126 g/mol. The summed E-state index contributed by atoms with van der Waals surface area (Å²) in [4.78, 5) is 0. The molecule has 1 heteroatoms. The Morgan fingerprint density at radius 1 is 0.889 bits per heavy atom. The van der Waals surface area contributed by atoms with Crippen molar-refractivity contribution < 1.29 is 4.74 Å². The van der Waals surface area contributed by atoms with E-state index in [2.05, 4.69) is 13.8 Å². The first kappa shape index (κ1) is 5.72. The minimum atomic E-state index is 0.273. The zero-order valence-corrected chi connectivity index (χ0v) is 6.24. The van der Waals surface area contributed by atoms with E-state index in [9.17, 15) is 0 Å². The summed E-state index contributed by atoms with van der Waals surface area (Å²) in [6, 6.07) is 0. The van der Waals surface area contributed by atoms with Gasteiger partial charge in [-0.3, -0.25) is 0 Å². The molecule has 0 N–H and O–H groups in total. The van der Waals surface area contributed by atoms with Crippen LogP contribution in [0.2, 0.25) is 0 Å². The molecule has 9 heavy (non-hydrogen) atoms. The summed E-state index contributed by atoms with van der Waals surface area (Å²) in [6.45, 7) is 4.48. The van der Waals surface area contributed by atoms with Gasteiger partial charge in [0.2, 0.25) is 0 Å². The van der Waals surface area contributed by atoms with Crippen molar-refractivity contribution in [1.82, 2.24) is 0 Å². The zero-order chi connectivity index (χ0) is 6.54. The summed E-state index contributed by atoms with van der Waals surface area (Å²) in [5, 5.41) is 0. The molecule has 0 unspecified atom stereocenters. The van der Waals surface area contributed by atoms with E-state index in [1.54, 1.807) is 0 Å². The molecule has 2 bridgehead atoms. The molecule has 0 spiro atoms. The van der Waals surface area contributed by atoms with Crippen LogP contribution in [0.15, 0.2) is 0 Å². The summed E-state index contributed by atoms with van der Waals surface area (Å²) in [7, 11) is 0. The second-order valence-corrected chi connectivity index (χ2v) is 4.00. The van der Waals surface area contributed by atoms with Crippen molar-refractivity contribution in [1.29, 1.82) is 0 Å². The Morgan fingerprint density at radius 2 is 1.22 bits per heavy atom. The molecule has 0 aromatic heterocycles. The first-order valence-corrected chi connectivity index (χ1v) is 3.82. The van der Waals surface area contributed by atoms with Crippen LogP contribution in [0.3, 0.4) is 0 Å². The number of rotatable bonds is 0. The van der Waals surface area contributed by atoms with Crippen molar-refractivity contribution in [2.24, 2.45) is 0 Å². The third-order valence-corrected chi connectivity index (χ3v) is 2.86. The molecule has 2 aliphatic heterocycles. The van der Waals surface area contributed by atoms with Gasteiger partial charge in [0, 0.05) is 0 Å². The van der Waals surface area contributed by atoms with E-state index < -0.39 is 0 Å². The highest BCUT2D eigenvalue weighted by atomic mass is 16.5. The molecule has 0 atom stereocenters. The van der Waals surface area contributed by atoms with Crippen LogP contribution in [0.5, 0.6) is 0 Å². The quantitative estimate of drug-likeness (QED) is 0.483. The maximum atomic E-state index is 5.85. The van der Waals surface area contributed by atoms with Crippen LogP contribution in [0, 0.1) is 0 Å². The number of hydrogen-bond acceptors (Lipinski definition) is 1. The molecule has 2 heterocycles. The van der Waals surface area contributed by atoms with Gasteiger partial charge in [0.25, 0.3) is 0 Å². The first-order chi connectivity index (χ1) is 4.12. The zero-order valence-electron chi connectivity index (χ0n) is 6.24. The predicted molar refractivity (Wildman–Crippen MR) is 36.4 cm³/mol. The predicted octanol–water partition coefficient (Wildman–Crippen LogP) is 2.11. The lowest BCUT2D eigenvalue weighted by molar-refractivity contribution is -0.0265. The first-order valence-electron chi connectivity index (χ1n) is 3.82. The lowest BCUT2D eigenvalue weighted by Gasteiger charge is -2.16. The minimum Gasteiger partial charge on any atom is -0.369 e. The Kier molecular flexibility index (Phi) is 0.852. The van der Waals surface area contributed by atoms with E-state index in [1.807, 2.05) is 0 Å². The normalized spacial score (nSPS) is 56.7. The molecule has 0 aromatic carbocycles. The molecule has 0 saturated carbocycles. The number of ether oxygens (including phenoxy) is 1. The molecule has 1 nitrogen and oxygen atoms in total. The van der Waals surface area contributed by atoms with Crippen LogP contribution in [0.4, 0.5) is 0 Å². The van der Waals surface area contributed by atoms with E-state index in [4.69, 9.17) is 4.74 Å². The molecular weight excluding hydrogens is 112 g/mol. The van der Waals surface area contributed by atoms with Gasteiger partial charge < -0.3 is 4.74 Å². The molecule has 0 radical (unpaired) electrons. The third kappa shape index (κ3) is 0.710. The van der Waals surface area contributed by atoms with E-state index in [0.717, 1.165) is 0 Å². The van der Waals surface area contributed by atoms with E-state index in [-0.39, 0.29) is 11.2 Å². The summed E-state index contributed by atoms with van der Waals surface area (Å²) in [5.74, 6) is 0. The standard InChI is InChI=1S/C8H14O/c1-7-3-5-8(2,9-7)6-4-7/h3-6H2,1-2H3. The molecule has 2 saturated heterocycles. The van der Waals surface area contributed by atoms with Crippen molar-refractivity contribution in [3.05, 3.63) is 0 Å². The highest BCUT2D eigenvalue weighted by Gasteiger charge is 2.49. The monoisotopic (exact) mass is 126 g/mol. The highest BCUT2D eigenvalue weighted by molar-refractivity contribution is 4.99. The van der Waals surface area contributed by atoms with Crippen LogP contribution in [-0.2, 0) is 4.74 Å². The van der Waals surface area contributed by atoms with Crippen molar-refractivity contribution in [3.8, 4) is 0 Å². The van der Waals surface area contributed by atoms with E-state index in [0.29, 0.717) is 0 Å². The van der Waals surface area contributed by atoms with E-state index in [1.165, 1.54) is 25.7 Å². The SMILES string of the molecule is CC12CCC(C)(CC1)O2. The molecule has 2 aliphatic rings. The highest BCUT2D eigenvalue weighted by Crippen LogP contribution is 2.49. The van der Waals surface area contributed by atoms with Crippen LogP contribution >= 0.6 is 0 Å². The molecule has 2 fully saturated rings. The number of fused-ring (bicyclic) bond motifs is 2. The largest absolute Gasteiger partial charge is 0.369 e. The maximum Gasteiger partial charge on any atom is 0.0664 e. The van der Waals surface area contributed by atoms with Gasteiger partial charge in [-0.1, -0.05) is 0 Å². The van der Waals surface area contributed by atoms with Crippen LogP contribution in [-0.4, -0.2) is 11.2 Å². The van der Waals surface area contributed by atoms with Gasteiger partial charge in [0.1, 0.15) is 0 Å². The van der Waals surface area contributed by atoms with Crippen LogP contribution in [0.25, 0.3) is 0 Å². The summed E-state index contributed by atoms with van der Waals surface area (Å²) >= 11 is 0. The fourth-order valence-electron chi connectivity index (χ4n) is 2.11. The number of hydrogen-bond donors (Lipinski definition) is 0. The van der Waals surface area contributed by atoms with Crippen molar-refractivity contribution in [2.75, 3.05) is 0 Å². The molecule has 0 amide bonds. The van der Waals surface area contributed by atoms with E-state index >= 15 is 0 Å².